The summed E-state index contributed by atoms with van der Waals surface area (Å²) in [4.78, 5) is 36.9. The largest absolute Gasteiger partial charge is 0.489 e. The third-order valence-corrected chi connectivity index (χ3v) is 5.59. The molecule has 0 saturated heterocycles. The molecule has 0 aliphatic carbocycles. The lowest BCUT2D eigenvalue weighted by molar-refractivity contribution is -0.130. The van der Waals surface area contributed by atoms with Crippen molar-refractivity contribution in [1.82, 2.24) is 20.0 Å². The highest BCUT2D eigenvalue weighted by Crippen LogP contribution is 2.18. The van der Waals surface area contributed by atoms with Gasteiger partial charge in [0.05, 0.1) is 11.0 Å². The van der Waals surface area contributed by atoms with Crippen LogP contribution in [-0.4, -0.2) is 27.6 Å². The topological polar surface area (TPSA) is 104 Å². The standard InChI is InChI=1S/C27H28N4O5/c1-2-30-23-10-6-7-11-24(23)31(27(30)34)17-16-25(32)28-29-26(33)19-36-22-14-12-21(13-15-22)35-18-20-8-4-3-5-9-20/h3-15H,2,16-19H2,1H3,(H,28,32)(H,29,33). The summed E-state index contributed by atoms with van der Waals surface area (Å²) in [6.07, 6.45) is 0.0310. The van der Waals surface area contributed by atoms with Crippen LogP contribution in [0.3, 0.4) is 0 Å². The van der Waals surface area contributed by atoms with Crippen LogP contribution in [0.1, 0.15) is 18.9 Å². The number of carbonyl (C=O) groups excluding carboxylic acids is 2. The average molecular weight is 489 g/mol. The fraction of sp³-hybridized carbons (Fsp3) is 0.222. The molecule has 9 heteroatoms. The first-order valence-electron chi connectivity index (χ1n) is 11.7. The molecule has 0 aliphatic heterocycles. The molecular weight excluding hydrogens is 460 g/mol. The van der Waals surface area contributed by atoms with Crippen molar-refractivity contribution in [2.45, 2.75) is 33.0 Å². The number of fused-ring (bicyclic) bond motifs is 1. The Morgan fingerprint density at radius 3 is 2.00 bits per heavy atom. The number of imidazole rings is 1. The maximum absolute atomic E-state index is 12.6. The Bertz CT molecular complexity index is 1380. The van der Waals surface area contributed by atoms with Crippen LogP contribution in [0.5, 0.6) is 11.5 Å². The van der Waals surface area contributed by atoms with Gasteiger partial charge in [0, 0.05) is 19.5 Å². The molecule has 4 aromatic rings. The van der Waals surface area contributed by atoms with Gasteiger partial charge in [0.15, 0.2) is 6.61 Å². The molecule has 9 nitrogen and oxygen atoms in total. The van der Waals surface area contributed by atoms with Crippen molar-refractivity contribution in [2.75, 3.05) is 6.61 Å². The third-order valence-electron chi connectivity index (χ3n) is 5.59. The molecule has 0 spiro atoms. The highest BCUT2D eigenvalue weighted by molar-refractivity contribution is 5.83. The van der Waals surface area contributed by atoms with Crippen LogP contribution >= 0.6 is 0 Å². The van der Waals surface area contributed by atoms with Gasteiger partial charge in [0.25, 0.3) is 5.91 Å². The van der Waals surface area contributed by atoms with Gasteiger partial charge in [-0.05, 0) is 48.9 Å². The van der Waals surface area contributed by atoms with Gasteiger partial charge in [-0.25, -0.2) is 4.79 Å². The molecule has 2 N–H and O–H groups in total. The number of nitrogens with zero attached hydrogens (tertiary/aromatic N) is 2. The van der Waals surface area contributed by atoms with Crippen LogP contribution in [0, 0.1) is 0 Å². The monoisotopic (exact) mass is 488 g/mol. The molecule has 1 aromatic heterocycles. The average Bonchev–Trinajstić information content (AvgIpc) is 3.19. The molecule has 1 heterocycles. The lowest BCUT2D eigenvalue weighted by Crippen LogP contribution is -2.44. The van der Waals surface area contributed by atoms with Crippen molar-refractivity contribution < 1.29 is 19.1 Å². The van der Waals surface area contributed by atoms with E-state index >= 15 is 0 Å². The Morgan fingerprint density at radius 2 is 1.33 bits per heavy atom. The number of nitrogens with one attached hydrogen (secondary N) is 2. The van der Waals surface area contributed by atoms with Gasteiger partial charge in [0.1, 0.15) is 18.1 Å². The second-order valence-electron chi connectivity index (χ2n) is 8.05. The molecule has 4 rings (SSSR count). The molecular formula is C27H28N4O5. The first-order valence-corrected chi connectivity index (χ1v) is 11.7. The molecule has 0 bridgehead atoms. The zero-order valence-electron chi connectivity index (χ0n) is 20.0. The minimum absolute atomic E-state index is 0.0310. The molecule has 0 aliphatic rings. The lowest BCUT2D eigenvalue weighted by atomic mass is 10.2. The van der Waals surface area contributed by atoms with E-state index in [1.165, 1.54) is 0 Å². The summed E-state index contributed by atoms with van der Waals surface area (Å²) in [6.45, 7) is 2.82. The number of hydrazine groups is 1. The smallest absolute Gasteiger partial charge is 0.329 e. The van der Waals surface area contributed by atoms with E-state index in [9.17, 15) is 14.4 Å². The normalized spacial score (nSPS) is 10.7. The van der Waals surface area contributed by atoms with Gasteiger partial charge < -0.3 is 9.47 Å². The molecule has 3 aromatic carbocycles. The fourth-order valence-electron chi connectivity index (χ4n) is 3.77. The Kier molecular flexibility index (Phi) is 8.02. The number of rotatable bonds is 10. The highest BCUT2D eigenvalue weighted by atomic mass is 16.5. The van der Waals surface area contributed by atoms with E-state index in [0.717, 1.165) is 16.6 Å². The van der Waals surface area contributed by atoms with Gasteiger partial charge in [-0.2, -0.15) is 0 Å². The van der Waals surface area contributed by atoms with E-state index in [0.29, 0.717) is 24.7 Å². The van der Waals surface area contributed by atoms with E-state index in [2.05, 4.69) is 10.9 Å². The highest BCUT2D eigenvalue weighted by Gasteiger charge is 2.13. The second kappa shape index (κ2) is 11.7. The minimum atomic E-state index is -0.507. The number of benzene rings is 3. The second-order valence-corrected chi connectivity index (χ2v) is 8.05. The summed E-state index contributed by atoms with van der Waals surface area (Å²) in [5.41, 5.74) is 7.18. The predicted molar refractivity (Wildman–Crippen MR) is 135 cm³/mol. The first-order chi connectivity index (χ1) is 17.5. The van der Waals surface area contributed by atoms with Gasteiger partial charge in [-0.15, -0.1) is 0 Å². The molecule has 36 heavy (non-hydrogen) atoms. The minimum Gasteiger partial charge on any atom is -0.489 e. The SMILES string of the molecule is CCn1c(=O)n(CCC(=O)NNC(=O)COc2ccc(OCc3ccccc3)cc2)c2ccccc21. The Hall–Kier alpha value is -4.53. The van der Waals surface area contributed by atoms with E-state index in [-0.39, 0.29) is 25.3 Å². The first kappa shape index (κ1) is 24.6. The lowest BCUT2D eigenvalue weighted by Gasteiger charge is -2.10. The van der Waals surface area contributed by atoms with Crippen LogP contribution in [0.2, 0.25) is 0 Å². The molecule has 0 fully saturated rings. The summed E-state index contributed by atoms with van der Waals surface area (Å²) in [5, 5.41) is 0. The Balaban J connectivity index is 1.19. The number of ether oxygens (including phenoxy) is 2. The zero-order chi connectivity index (χ0) is 25.3. The number of hydrogen-bond acceptors (Lipinski definition) is 5. The third kappa shape index (κ3) is 6.12. The van der Waals surface area contributed by atoms with Crippen molar-refractivity contribution in [3.05, 3.63) is 94.9 Å². The zero-order valence-corrected chi connectivity index (χ0v) is 20.0. The van der Waals surface area contributed by atoms with Gasteiger partial charge in [-0.1, -0.05) is 42.5 Å². The Labute approximate surface area is 208 Å². The fourth-order valence-corrected chi connectivity index (χ4v) is 3.77. The summed E-state index contributed by atoms with van der Waals surface area (Å²) in [7, 11) is 0. The quantitative estimate of drug-likeness (QED) is 0.334. The van der Waals surface area contributed by atoms with E-state index in [4.69, 9.17) is 9.47 Å². The number of aromatic nitrogens is 2. The van der Waals surface area contributed by atoms with Gasteiger partial charge in [0.2, 0.25) is 5.91 Å². The van der Waals surface area contributed by atoms with E-state index < -0.39 is 11.8 Å². The van der Waals surface area contributed by atoms with Crippen LogP contribution in [0.25, 0.3) is 11.0 Å². The summed E-state index contributed by atoms with van der Waals surface area (Å²) >= 11 is 0. The molecule has 0 unspecified atom stereocenters. The van der Waals surface area contributed by atoms with Crippen LogP contribution in [-0.2, 0) is 29.3 Å². The number of aryl methyl sites for hydroxylation is 2. The maximum Gasteiger partial charge on any atom is 0.329 e. The van der Waals surface area contributed by atoms with E-state index in [1.54, 1.807) is 33.4 Å². The van der Waals surface area contributed by atoms with Crippen molar-refractivity contribution in [3.8, 4) is 11.5 Å². The van der Waals surface area contributed by atoms with Crippen molar-refractivity contribution in [1.29, 1.82) is 0 Å². The van der Waals surface area contributed by atoms with Crippen molar-refractivity contribution in [3.63, 3.8) is 0 Å². The van der Waals surface area contributed by atoms with Gasteiger partial charge >= 0.3 is 5.69 Å². The van der Waals surface area contributed by atoms with Crippen LogP contribution in [0.15, 0.2) is 83.7 Å². The summed E-state index contributed by atoms with van der Waals surface area (Å²) in [6, 6.07) is 24.2. The Morgan fingerprint density at radius 1 is 0.750 bits per heavy atom. The van der Waals surface area contributed by atoms with Gasteiger partial charge in [-0.3, -0.25) is 29.6 Å². The van der Waals surface area contributed by atoms with Crippen molar-refractivity contribution in [2.24, 2.45) is 0 Å². The van der Waals surface area contributed by atoms with Crippen molar-refractivity contribution >= 4 is 22.8 Å². The molecule has 0 atom stereocenters. The maximum atomic E-state index is 12.6. The molecule has 0 saturated carbocycles. The van der Waals surface area contributed by atoms with Crippen LogP contribution in [0.4, 0.5) is 0 Å². The number of para-hydroxylation sites is 2. The number of carbonyl (C=O) groups is 2. The molecule has 186 valence electrons. The predicted octanol–water partition coefficient (Wildman–Crippen LogP) is 3.02. The molecule has 0 radical (unpaired) electrons. The van der Waals surface area contributed by atoms with Crippen LogP contribution < -0.4 is 26.0 Å². The summed E-state index contributed by atoms with van der Waals surface area (Å²) in [5.74, 6) is 0.260. The van der Waals surface area contributed by atoms with E-state index in [1.807, 2.05) is 61.5 Å². The number of amides is 2. The molecule has 2 amide bonds. The summed E-state index contributed by atoms with van der Waals surface area (Å²) < 4.78 is 14.4. The number of hydrogen-bond donors (Lipinski definition) is 2.